The van der Waals surface area contributed by atoms with Crippen LogP contribution < -0.4 is 10.6 Å². The Bertz CT molecular complexity index is 611. The van der Waals surface area contributed by atoms with Gasteiger partial charge in [-0.25, -0.2) is 4.98 Å². The van der Waals surface area contributed by atoms with E-state index in [1.165, 1.54) is 6.07 Å². The molecule has 9 nitrogen and oxygen atoms in total. The molecule has 0 spiro atoms. The van der Waals surface area contributed by atoms with Gasteiger partial charge < -0.3 is 15.2 Å². The minimum atomic E-state index is -0.473. The summed E-state index contributed by atoms with van der Waals surface area (Å²) in [5.41, 5.74) is -0.0773. The van der Waals surface area contributed by atoms with Crippen molar-refractivity contribution in [1.29, 1.82) is 0 Å². The number of pyridine rings is 1. The quantitative estimate of drug-likeness (QED) is 0.603. The predicted molar refractivity (Wildman–Crippen MR) is 73.5 cm³/mol. The molecule has 0 unspecified atom stereocenters. The lowest BCUT2D eigenvalue weighted by Gasteiger charge is -2.08. The molecule has 0 aliphatic carbocycles. The van der Waals surface area contributed by atoms with Gasteiger partial charge in [0.15, 0.2) is 5.82 Å². The van der Waals surface area contributed by atoms with Gasteiger partial charge in [-0.05, 0) is 13.0 Å². The fourth-order valence-corrected chi connectivity index (χ4v) is 1.71. The van der Waals surface area contributed by atoms with Gasteiger partial charge >= 0.3 is 5.69 Å². The molecule has 0 atom stereocenters. The molecule has 106 valence electrons. The molecule has 0 aromatic carbocycles. The lowest BCUT2D eigenvalue weighted by atomic mass is 10.3. The predicted octanol–water partition coefficient (Wildman–Crippen LogP) is 1.25. The highest BCUT2D eigenvalue weighted by molar-refractivity contribution is 5.60. The second-order valence-corrected chi connectivity index (χ2v) is 3.96. The molecule has 0 saturated heterocycles. The van der Waals surface area contributed by atoms with Crippen molar-refractivity contribution in [2.75, 3.05) is 17.7 Å². The maximum Gasteiger partial charge on any atom is 0.311 e. The molecule has 0 radical (unpaired) electrons. The van der Waals surface area contributed by atoms with E-state index in [0.29, 0.717) is 18.2 Å². The first-order chi connectivity index (χ1) is 9.65. The summed E-state index contributed by atoms with van der Waals surface area (Å²) in [6.07, 6.45) is 1.61. The van der Waals surface area contributed by atoms with E-state index in [2.05, 4.69) is 25.8 Å². The summed E-state index contributed by atoms with van der Waals surface area (Å²) in [7, 11) is 1.70. The van der Waals surface area contributed by atoms with Gasteiger partial charge in [-0.15, -0.1) is 10.2 Å². The standard InChI is InChI=1S/C11H15N7O2/c1-3-17-7-14-16-10(17)6-13-11-8(18(19)20)4-5-9(12-2)15-11/h4-5,7H,3,6H2,1-2H3,(H2,12,13,15). The number of anilines is 2. The number of nitro groups is 1. The number of aryl methyl sites for hydroxylation is 1. The molecule has 2 heterocycles. The zero-order valence-electron chi connectivity index (χ0n) is 11.2. The van der Waals surface area contributed by atoms with Crippen LogP contribution in [0.4, 0.5) is 17.3 Å². The van der Waals surface area contributed by atoms with E-state index >= 15 is 0 Å². The van der Waals surface area contributed by atoms with Gasteiger partial charge in [0.2, 0.25) is 5.82 Å². The van der Waals surface area contributed by atoms with Crippen molar-refractivity contribution < 1.29 is 4.92 Å². The molecule has 0 fully saturated rings. The Morgan fingerprint density at radius 3 is 2.90 bits per heavy atom. The van der Waals surface area contributed by atoms with E-state index in [0.717, 1.165) is 6.54 Å². The molecule has 0 bridgehead atoms. The van der Waals surface area contributed by atoms with Crippen LogP contribution in [0.2, 0.25) is 0 Å². The molecule has 2 aromatic rings. The van der Waals surface area contributed by atoms with Crippen LogP contribution >= 0.6 is 0 Å². The summed E-state index contributed by atoms with van der Waals surface area (Å²) in [4.78, 5) is 14.7. The molecule has 0 amide bonds. The molecule has 0 aliphatic heterocycles. The van der Waals surface area contributed by atoms with E-state index in [-0.39, 0.29) is 11.5 Å². The number of hydrogen-bond donors (Lipinski definition) is 2. The maximum atomic E-state index is 11.0. The van der Waals surface area contributed by atoms with Crippen LogP contribution in [0.3, 0.4) is 0 Å². The Kier molecular flexibility index (Phi) is 4.08. The van der Waals surface area contributed by atoms with Crippen LogP contribution in [0.25, 0.3) is 0 Å². The minimum Gasteiger partial charge on any atom is -0.373 e. The summed E-state index contributed by atoms with van der Waals surface area (Å²) in [6.45, 7) is 3.01. The van der Waals surface area contributed by atoms with Crippen LogP contribution in [0, 0.1) is 10.1 Å². The van der Waals surface area contributed by atoms with Crippen molar-refractivity contribution in [2.45, 2.75) is 20.0 Å². The van der Waals surface area contributed by atoms with Crippen LogP contribution in [-0.4, -0.2) is 31.7 Å². The Morgan fingerprint density at radius 2 is 2.25 bits per heavy atom. The molecule has 0 saturated carbocycles. The van der Waals surface area contributed by atoms with Crippen molar-refractivity contribution in [3.05, 3.63) is 34.4 Å². The molecular weight excluding hydrogens is 262 g/mol. The highest BCUT2D eigenvalue weighted by Crippen LogP contribution is 2.24. The van der Waals surface area contributed by atoms with Crippen molar-refractivity contribution in [2.24, 2.45) is 0 Å². The smallest absolute Gasteiger partial charge is 0.311 e. The number of nitrogens with one attached hydrogen (secondary N) is 2. The molecule has 2 rings (SSSR count). The Balaban J connectivity index is 2.21. The second-order valence-electron chi connectivity index (χ2n) is 3.96. The van der Waals surface area contributed by atoms with Gasteiger partial charge in [0, 0.05) is 19.7 Å². The summed E-state index contributed by atoms with van der Waals surface area (Å²) in [5, 5.41) is 24.5. The highest BCUT2D eigenvalue weighted by Gasteiger charge is 2.16. The lowest BCUT2D eigenvalue weighted by Crippen LogP contribution is -2.10. The second kappa shape index (κ2) is 5.95. The third-order valence-electron chi connectivity index (χ3n) is 2.78. The Labute approximate surface area is 115 Å². The zero-order valence-corrected chi connectivity index (χ0v) is 11.2. The zero-order chi connectivity index (χ0) is 14.5. The fraction of sp³-hybridized carbons (Fsp3) is 0.364. The summed E-state index contributed by atoms with van der Waals surface area (Å²) in [5.74, 6) is 1.45. The number of aromatic nitrogens is 4. The average molecular weight is 277 g/mol. The topological polar surface area (TPSA) is 111 Å². The van der Waals surface area contributed by atoms with E-state index in [1.54, 1.807) is 19.4 Å². The largest absolute Gasteiger partial charge is 0.373 e. The van der Waals surface area contributed by atoms with Gasteiger partial charge in [-0.1, -0.05) is 0 Å². The number of nitrogens with zero attached hydrogens (tertiary/aromatic N) is 5. The first-order valence-corrected chi connectivity index (χ1v) is 6.09. The van der Waals surface area contributed by atoms with Crippen molar-refractivity contribution >= 4 is 17.3 Å². The summed E-state index contributed by atoms with van der Waals surface area (Å²) in [6, 6.07) is 2.96. The first-order valence-electron chi connectivity index (χ1n) is 6.09. The van der Waals surface area contributed by atoms with Gasteiger partial charge in [0.25, 0.3) is 0 Å². The number of rotatable bonds is 6. The van der Waals surface area contributed by atoms with Crippen LogP contribution in [0.15, 0.2) is 18.5 Å². The van der Waals surface area contributed by atoms with Gasteiger partial charge in [-0.3, -0.25) is 10.1 Å². The van der Waals surface area contributed by atoms with E-state index in [4.69, 9.17) is 0 Å². The fourth-order valence-electron chi connectivity index (χ4n) is 1.71. The highest BCUT2D eigenvalue weighted by atomic mass is 16.6. The molecular formula is C11H15N7O2. The molecule has 2 N–H and O–H groups in total. The van der Waals surface area contributed by atoms with Gasteiger partial charge in [0.1, 0.15) is 12.1 Å². The third kappa shape index (κ3) is 2.82. The SMILES string of the molecule is CCn1cnnc1CNc1nc(NC)ccc1[N+](=O)[O-]. The van der Waals surface area contributed by atoms with Crippen LogP contribution in [0.1, 0.15) is 12.7 Å². The van der Waals surface area contributed by atoms with Crippen molar-refractivity contribution in [3.8, 4) is 0 Å². The van der Waals surface area contributed by atoms with E-state index < -0.39 is 4.92 Å². The summed E-state index contributed by atoms with van der Waals surface area (Å²) >= 11 is 0. The molecule has 9 heteroatoms. The Morgan fingerprint density at radius 1 is 1.45 bits per heavy atom. The minimum absolute atomic E-state index is 0.0773. The average Bonchev–Trinajstić information content (AvgIpc) is 2.91. The van der Waals surface area contributed by atoms with E-state index in [9.17, 15) is 10.1 Å². The summed E-state index contributed by atoms with van der Waals surface area (Å²) < 4.78 is 1.85. The van der Waals surface area contributed by atoms with Gasteiger partial charge in [-0.2, -0.15) is 0 Å². The van der Waals surface area contributed by atoms with Crippen molar-refractivity contribution in [1.82, 2.24) is 19.7 Å². The monoisotopic (exact) mass is 277 g/mol. The normalized spacial score (nSPS) is 10.3. The van der Waals surface area contributed by atoms with Crippen LogP contribution in [0.5, 0.6) is 0 Å². The van der Waals surface area contributed by atoms with Crippen LogP contribution in [-0.2, 0) is 13.1 Å². The maximum absolute atomic E-state index is 11.0. The number of hydrogen-bond acceptors (Lipinski definition) is 7. The molecule has 0 aliphatic rings. The first kappa shape index (κ1) is 13.7. The third-order valence-corrected chi connectivity index (χ3v) is 2.78. The van der Waals surface area contributed by atoms with Crippen molar-refractivity contribution in [3.63, 3.8) is 0 Å². The Hall–Kier alpha value is -2.71. The van der Waals surface area contributed by atoms with Gasteiger partial charge in [0.05, 0.1) is 11.5 Å². The molecule has 2 aromatic heterocycles. The lowest BCUT2D eigenvalue weighted by molar-refractivity contribution is -0.384. The molecule has 20 heavy (non-hydrogen) atoms. The van der Waals surface area contributed by atoms with E-state index in [1.807, 2.05) is 11.5 Å².